The maximum Gasteiger partial charge on any atom is 0.159 e. The Morgan fingerprint density at radius 1 is 1.22 bits per heavy atom. The molecule has 0 radical (unpaired) electrons. The van der Waals surface area contributed by atoms with Gasteiger partial charge in [0.05, 0.1) is 5.69 Å². The quantitative estimate of drug-likeness (QED) is 0.796. The van der Waals surface area contributed by atoms with Gasteiger partial charge in [-0.2, -0.15) is 0 Å². The number of hydrogen-bond acceptors (Lipinski definition) is 3. The zero-order chi connectivity index (χ0) is 13.1. The highest BCUT2D eigenvalue weighted by atomic mass is 35.5. The Bertz CT molecular complexity index is 545. The second-order valence-electron chi connectivity index (χ2n) is 3.82. The molecule has 0 spiro atoms. The van der Waals surface area contributed by atoms with Gasteiger partial charge in [0.2, 0.25) is 0 Å². The average Bonchev–Trinajstić information content (AvgIpc) is 2.38. The molecule has 0 N–H and O–H groups in total. The molecular weight excluding hydrogens is 255 g/mol. The molecule has 0 amide bonds. The molecule has 3 nitrogen and oxygen atoms in total. The molecule has 1 atom stereocenters. The summed E-state index contributed by atoms with van der Waals surface area (Å²) >= 11 is 5.95. The van der Waals surface area contributed by atoms with Crippen LogP contribution in [0.4, 0.5) is 4.39 Å². The maximum atomic E-state index is 12.9. The van der Waals surface area contributed by atoms with E-state index in [4.69, 9.17) is 16.3 Å². The second kappa shape index (κ2) is 5.42. The fourth-order valence-corrected chi connectivity index (χ4v) is 1.68. The highest BCUT2D eigenvalue weighted by Gasteiger charge is 2.11. The molecule has 1 unspecified atom stereocenters. The van der Waals surface area contributed by atoms with Crippen molar-refractivity contribution in [2.45, 2.75) is 13.0 Å². The Hall–Kier alpha value is -1.52. The summed E-state index contributed by atoms with van der Waals surface area (Å²) in [4.78, 5) is 8.46. The van der Waals surface area contributed by atoms with Crippen molar-refractivity contribution < 1.29 is 9.13 Å². The average molecular weight is 267 g/mol. The molecule has 1 heterocycles. The van der Waals surface area contributed by atoms with Gasteiger partial charge in [-0.05, 0) is 31.2 Å². The lowest BCUT2D eigenvalue weighted by molar-refractivity contribution is 0.112. The van der Waals surface area contributed by atoms with Crippen LogP contribution in [-0.2, 0) is 4.74 Å². The van der Waals surface area contributed by atoms with E-state index in [1.54, 1.807) is 25.3 Å². The lowest BCUT2D eigenvalue weighted by Crippen LogP contribution is -2.04. The van der Waals surface area contributed by atoms with E-state index in [2.05, 4.69) is 9.97 Å². The minimum Gasteiger partial charge on any atom is -0.374 e. The highest BCUT2D eigenvalue weighted by molar-refractivity contribution is 6.29. The van der Waals surface area contributed by atoms with E-state index in [0.29, 0.717) is 16.7 Å². The summed E-state index contributed by atoms with van der Waals surface area (Å²) in [6.07, 6.45) is -0.247. The van der Waals surface area contributed by atoms with Gasteiger partial charge in [-0.1, -0.05) is 11.6 Å². The molecule has 18 heavy (non-hydrogen) atoms. The normalized spacial score (nSPS) is 12.4. The Labute approximate surface area is 110 Å². The third-order valence-electron chi connectivity index (χ3n) is 2.57. The topological polar surface area (TPSA) is 35.0 Å². The van der Waals surface area contributed by atoms with E-state index >= 15 is 0 Å². The summed E-state index contributed by atoms with van der Waals surface area (Å²) in [5.41, 5.74) is 1.43. The van der Waals surface area contributed by atoms with Crippen LogP contribution in [0.2, 0.25) is 5.15 Å². The molecule has 2 aromatic rings. The van der Waals surface area contributed by atoms with Crippen LogP contribution in [0, 0.1) is 5.82 Å². The number of benzene rings is 1. The highest BCUT2D eigenvalue weighted by Crippen LogP contribution is 2.23. The number of rotatable bonds is 3. The second-order valence-corrected chi connectivity index (χ2v) is 4.21. The first-order chi connectivity index (χ1) is 8.60. The summed E-state index contributed by atoms with van der Waals surface area (Å²) in [7, 11) is 1.58. The molecule has 5 heteroatoms. The Morgan fingerprint density at radius 2 is 1.89 bits per heavy atom. The standard InChI is InChI=1S/C13H12ClFN2O/c1-8(18-2)13-16-11(7-12(14)17-13)9-3-5-10(15)6-4-9/h3-8H,1-2H3. The first-order valence-corrected chi connectivity index (χ1v) is 5.81. The van der Waals surface area contributed by atoms with Crippen LogP contribution < -0.4 is 0 Å². The summed E-state index contributed by atoms with van der Waals surface area (Å²) in [5.74, 6) is 0.216. The smallest absolute Gasteiger partial charge is 0.159 e. The van der Waals surface area contributed by atoms with Gasteiger partial charge in [-0.25, -0.2) is 14.4 Å². The van der Waals surface area contributed by atoms with Crippen molar-refractivity contribution in [1.82, 2.24) is 9.97 Å². The number of hydrogen-bond donors (Lipinski definition) is 0. The molecule has 94 valence electrons. The number of ether oxygens (including phenoxy) is 1. The minimum atomic E-state index is -0.288. The van der Waals surface area contributed by atoms with Crippen LogP contribution in [0.15, 0.2) is 30.3 Å². The third kappa shape index (κ3) is 2.83. The van der Waals surface area contributed by atoms with Gasteiger partial charge < -0.3 is 4.74 Å². The molecule has 0 aliphatic heterocycles. The zero-order valence-corrected chi connectivity index (χ0v) is 10.8. The van der Waals surface area contributed by atoms with Gasteiger partial charge in [0, 0.05) is 18.7 Å². The van der Waals surface area contributed by atoms with Crippen molar-refractivity contribution in [3.63, 3.8) is 0 Å². The van der Waals surface area contributed by atoms with Gasteiger partial charge in [-0.15, -0.1) is 0 Å². The van der Waals surface area contributed by atoms with E-state index < -0.39 is 0 Å². The minimum absolute atomic E-state index is 0.247. The number of nitrogens with zero attached hydrogens (tertiary/aromatic N) is 2. The molecular formula is C13H12ClFN2O. The summed E-state index contributed by atoms with van der Waals surface area (Å²) in [6, 6.07) is 7.70. The van der Waals surface area contributed by atoms with Crippen molar-refractivity contribution in [2.24, 2.45) is 0 Å². The maximum absolute atomic E-state index is 12.9. The molecule has 0 aliphatic rings. The fraction of sp³-hybridized carbons (Fsp3) is 0.231. The molecule has 0 bridgehead atoms. The van der Waals surface area contributed by atoms with E-state index in [9.17, 15) is 4.39 Å². The van der Waals surface area contributed by atoms with E-state index in [-0.39, 0.29) is 11.9 Å². The Kier molecular flexibility index (Phi) is 3.89. The molecule has 0 aliphatic carbocycles. The number of aromatic nitrogens is 2. The van der Waals surface area contributed by atoms with Crippen molar-refractivity contribution >= 4 is 11.6 Å². The third-order valence-corrected chi connectivity index (χ3v) is 2.76. The molecule has 0 fully saturated rings. The monoisotopic (exact) mass is 266 g/mol. The molecule has 2 rings (SSSR count). The summed E-state index contributed by atoms with van der Waals surface area (Å²) in [6.45, 7) is 1.83. The molecule has 0 saturated heterocycles. The SMILES string of the molecule is COC(C)c1nc(Cl)cc(-c2ccc(F)cc2)n1. The number of halogens is 2. The zero-order valence-electron chi connectivity index (χ0n) is 10.0. The predicted octanol–water partition coefficient (Wildman–Crippen LogP) is 3.64. The summed E-state index contributed by atoms with van der Waals surface area (Å²) in [5, 5.41) is 0.336. The van der Waals surface area contributed by atoms with Gasteiger partial charge in [-0.3, -0.25) is 0 Å². The molecule has 1 aromatic heterocycles. The van der Waals surface area contributed by atoms with E-state index in [1.165, 1.54) is 12.1 Å². The van der Waals surface area contributed by atoms with E-state index in [1.807, 2.05) is 6.92 Å². The lowest BCUT2D eigenvalue weighted by Gasteiger charge is -2.10. The Balaban J connectivity index is 2.44. The predicted molar refractivity (Wildman–Crippen MR) is 67.9 cm³/mol. The van der Waals surface area contributed by atoms with Gasteiger partial charge in [0.1, 0.15) is 17.1 Å². The van der Waals surface area contributed by atoms with Crippen LogP contribution in [-0.4, -0.2) is 17.1 Å². The van der Waals surface area contributed by atoms with Crippen LogP contribution >= 0.6 is 11.6 Å². The first-order valence-electron chi connectivity index (χ1n) is 5.43. The van der Waals surface area contributed by atoms with Crippen molar-refractivity contribution in [3.8, 4) is 11.3 Å². The summed E-state index contributed by atoms with van der Waals surface area (Å²) < 4.78 is 18.0. The Morgan fingerprint density at radius 3 is 2.50 bits per heavy atom. The lowest BCUT2D eigenvalue weighted by atomic mass is 10.1. The van der Waals surface area contributed by atoms with Gasteiger partial charge in [0.15, 0.2) is 5.82 Å². The largest absolute Gasteiger partial charge is 0.374 e. The molecule has 0 saturated carbocycles. The first kappa shape index (κ1) is 12.9. The number of methoxy groups -OCH3 is 1. The van der Waals surface area contributed by atoms with Crippen LogP contribution in [0.5, 0.6) is 0 Å². The van der Waals surface area contributed by atoms with Crippen LogP contribution in [0.25, 0.3) is 11.3 Å². The van der Waals surface area contributed by atoms with Crippen molar-refractivity contribution in [3.05, 3.63) is 47.1 Å². The van der Waals surface area contributed by atoms with Crippen molar-refractivity contribution in [2.75, 3.05) is 7.11 Å². The molecule has 1 aromatic carbocycles. The van der Waals surface area contributed by atoms with Gasteiger partial charge >= 0.3 is 0 Å². The van der Waals surface area contributed by atoms with Gasteiger partial charge in [0.25, 0.3) is 0 Å². The fourth-order valence-electron chi connectivity index (χ4n) is 1.49. The van der Waals surface area contributed by atoms with Crippen molar-refractivity contribution in [1.29, 1.82) is 0 Å². The van der Waals surface area contributed by atoms with Crippen LogP contribution in [0.3, 0.4) is 0 Å². The van der Waals surface area contributed by atoms with E-state index in [0.717, 1.165) is 5.56 Å². The van der Waals surface area contributed by atoms with Crippen LogP contribution in [0.1, 0.15) is 18.9 Å².